The Morgan fingerprint density at radius 1 is 1.19 bits per heavy atom. The molecule has 2 N–H and O–H groups in total. The molecule has 0 aromatic heterocycles. The van der Waals surface area contributed by atoms with Gasteiger partial charge in [0.1, 0.15) is 17.0 Å². The van der Waals surface area contributed by atoms with Gasteiger partial charge in [0, 0.05) is 25.7 Å². The number of piperazine rings is 1. The molecule has 1 aromatic rings. The normalized spacial score (nSPS) is 19.6. The summed E-state index contributed by atoms with van der Waals surface area (Å²) in [6.07, 6.45) is 0.976. The molecule has 0 aliphatic carbocycles. The van der Waals surface area contributed by atoms with Crippen LogP contribution in [0.2, 0.25) is 0 Å². The molecule has 0 bridgehead atoms. The monoisotopic (exact) mass is 456 g/mol. The molecule has 172 valence electrons. The van der Waals surface area contributed by atoms with Crippen molar-refractivity contribution in [3.63, 3.8) is 0 Å². The summed E-state index contributed by atoms with van der Waals surface area (Å²) in [5, 5.41) is 5.15. The van der Waals surface area contributed by atoms with Gasteiger partial charge in [-0.25, -0.2) is 8.42 Å². The number of likely N-dealkylation sites (N-methyl/N-ethyl adjacent to an activating group) is 1. The van der Waals surface area contributed by atoms with Gasteiger partial charge in [-0.2, -0.15) is 4.31 Å². The van der Waals surface area contributed by atoms with E-state index < -0.39 is 33.3 Å². The van der Waals surface area contributed by atoms with Crippen molar-refractivity contribution >= 4 is 27.7 Å². The quantitative estimate of drug-likeness (QED) is 0.509. The van der Waals surface area contributed by atoms with Crippen molar-refractivity contribution in [3.8, 4) is 11.5 Å². The van der Waals surface area contributed by atoms with Crippen LogP contribution in [0.15, 0.2) is 18.2 Å². The highest BCUT2D eigenvalue weighted by atomic mass is 32.2. The summed E-state index contributed by atoms with van der Waals surface area (Å²) in [6.45, 7) is 0.717. The highest BCUT2D eigenvalue weighted by molar-refractivity contribution is 7.88. The molecule has 31 heavy (non-hydrogen) atoms. The minimum absolute atomic E-state index is 0.145. The van der Waals surface area contributed by atoms with E-state index in [2.05, 4.69) is 10.6 Å². The standard InChI is InChI=1S/C19H28N4O7S/c1-19(12-23(31(5,27)28)11-17(25)22(19)2)18(26)21-10-16(24)20-9-13-8-14(29-3)6-7-15(13)30-4/h6-8H,9-12H2,1-5H3,(H,20,24)(H,21,26)/t19-/m0/s1. The summed E-state index contributed by atoms with van der Waals surface area (Å²) in [6, 6.07) is 5.17. The Morgan fingerprint density at radius 3 is 2.45 bits per heavy atom. The SMILES string of the molecule is COc1ccc(OC)c(CNC(=O)CNC(=O)[C@]2(C)CN(S(C)(=O)=O)CC(=O)N2C)c1. The number of amides is 3. The van der Waals surface area contributed by atoms with Crippen molar-refractivity contribution in [2.75, 3.05) is 47.2 Å². The molecule has 2 rings (SSSR count). The average molecular weight is 457 g/mol. The Kier molecular flexibility index (Phi) is 7.49. The molecular formula is C19H28N4O7S. The number of carbonyl (C=O) groups is 3. The van der Waals surface area contributed by atoms with E-state index in [1.807, 2.05) is 0 Å². The summed E-state index contributed by atoms with van der Waals surface area (Å²) < 4.78 is 35.1. The number of rotatable bonds is 8. The van der Waals surface area contributed by atoms with Crippen LogP contribution in [-0.4, -0.2) is 88.0 Å². The van der Waals surface area contributed by atoms with Gasteiger partial charge in [-0.15, -0.1) is 0 Å². The van der Waals surface area contributed by atoms with Crippen LogP contribution >= 0.6 is 0 Å². The van der Waals surface area contributed by atoms with E-state index in [0.717, 1.165) is 10.6 Å². The maximum Gasteiger partial charge on any atom is 0.247 e. The zero-order chi connectivity index (χ0) is 23.4. The summed E-state index contributed by atoms with van der Waals surface area (Å²) >= 11 is 0. The molecular weight excluding hydrogens is 428 g/mol. The van der Waals surface area contributed by atoms with E-state index in [9.17, 15) is 22.8 Å². The maximum absolute atomic E-state index is 12.8. The van der Waals surface area contributed by atoms with Crippen molar-refractivity contribution in [1.82, 2.24) is 19.8 Å². The molecule has 1 saturated heterocycles. The average Bonchev–Trinajstić information content (AvgIpc) is 2.72. The number of methoxy groups -OCH3 is 2. The van der Waals surface area contributed by atoms with Crippen LogP contribution in [0, 0.1) is 0 Å². The molecule has 1 aromatic carbocycles. The molecule has 1 aliphatic heterocycles. The third-order valence-electron chi connectivity index (χ3n) is 5.24. The van der Waals surface area contributed by atoms with Gasteiger partial charge in [-0.3, -0.25) is 14.4 Å². The van der Waals surface area contributed by atoms with E-state index in [4.69, 9.17) is 9.47 Å². The topological polar surface area (TPSA) is 134 Å². The first-order valence-electron chi connectivity index (χ1n) is 9.40. The fourth-order valence-electron chi connectivity index (χ4n) is 3.12. The fraction of sp³-hybridized carbons (Fsp3) is 0.526. The minimum atomic E-state index is -3.67. The lowest BCUT2D eigenvalue weighted by molar-refractivity contribution is -0.150. The number of sulfonamides is 1. The first-order chi connectivity index (χ1) is 14.4. The second-order valence-electron chi connectivity index (χ2n) is 7.39. The van der Waals surface area contributed by atoms with Crippen LogP contribution in [0.1, 0.15) is 12.5 Å². The Morgan fingerprint density at radius 2 is 1.87 bits per heavy atom. The summed E-state index contributed by atoms with van der Waals surface area (Å²) in [5.74, 6) is -0.436. The van der Waals surface area contributed by atoms with Gasteiger partial charge in [0.25, 0.3) is 0 Å². The number of benzene rings is 1. The summed E-state index contributed by atoms with van der Waals surface area (Å²) in [4.78, 5) is 38.4. The molecule has 1 heterocycles. The second kappa shape index (κ2) is 9.52. The van der Waals surface area contributed by atoms with Gasteiger partial charge < -0.3 is 25.0 Å². The number of carbonyl (C=O) groups excluding carboxylic acids is 3. The molecule has 11 nitrogen and oxygen atoms in total. The van der Waals surface area contributed by atoms with E-state index >= 15 is 0 Å². The molecule has 1 atom stereocenters. The van der Waals surface area contributed by atoms with Crippen molar-refractivity contribution < 1.29 is 32.3 Å². The molecule has 0 spiro atoms. The van der Waals surface area contributed by atoms with Crippen molar-refractivity contribution in [2.45, 2.75) is 19.0 Å². The van der Waals surface area contributed by atoms with E-state index in [1.165, 1.54) is 33.1 Å². The Hall–Kier alpha value is -2.86. The third kappa shape index (κ3) is 5.64. The van der Waals surface area contributed by atoms with Crippen LogP contribution in [0.4, 0.5) is 0 Å². The second-order valence-corrected chi connectivity index (χ2v) is 9.38. The molecule has 12 heteroatoms. The Labute approximate surface area is 181 Å². The van der Waals surface area contributed by atoms with E-state index in [1.54, 1.807) is 18.2 Å². The van der Waals surface area contributed by atoms with Gasteiger partial charge in [-0.1, -0.05) is 0 Å². The number of nitrogens with zero attached hydrogens (tertiary/aromatic N) is 2. The predicted octanol–water partition coefficient (Wildman–Crippen LogP) is -1.07. The van der Waals surface area contributed by atoms with E-state index in [0.29, 0.717) is 17.1 Å². The van der Waals surface area contributed by atoms with Crippen LogP contribution in [0.5, 0.6) is 11.5 Å². The fourth-order valence-corrected chi connectivity index (χ4v) is 3.95. The number of nitrogens with one attached hydrogen (secondary N) is 2. The maximum atomic E-state index is 12.8. The smallest absolute Gasteiger partial charge is 0.247 e. The van der Waals surface area contributed by atoms with Crippen LogP contribution in [0.3, 0.4) is 0 Å². The zero-order valence-electron chi connectivity index (χ0n) is 18.2. The molecule has 1 aliphatic rings. The predicted molar refractivity (Wildman–Crippen MR) is 112 cm³/mol. The lowest BCUT2D eigenvalue weighted by atomic mass is 9.96. The minimum Gasteiger partial charge on any atom is -0.497 e. The molecule has 3 amide bonds. The first kappa shape index (κ1) is 24.4. The van der Waals surface area contributed by atoms with Crippen molar-refractivity contribution in [2.24, 2.45) is 0 Å². The largest absolute Gasteiger partial charge is 0.497 e. The van der Waals surface area contributed by atoms with Crippen LogP contribution in [0.25, 0.3) is 0 Å². The molecule has 1 fully saturated rings. The molecule has 0 unspecified atom stereocenters. The number of hydrogen-bond acceptors (Lipinski definition) is 7. The summed E-state index contributed by atoms with van der Waals surface area (Å²) in [5.41, 5.74) is -0.760. The number of ether oxygens (including phenoxy) is 2. The van der Waals surface area contributed by atoms with Crippen molar-refractivity contribution in [1.29, 1.82) is 0 Å². The van der Waals surface area contributed by atoms with Gasteiger partial charge in [0.15, 0.2) is 0 Å². The first-order valence-corrected chi connectivity index (χ1v) is 11.2. The number of hydrogen-bond donors (Lipinski definition) is 2. The van der Waals surface area contributed by atoms with Crippen LogP contribution < -0.4 is 20.1 Å². The van der Waals surface area contributed by atoms with Gasteiger partial charge in [-0.05, 0) is 25.1 Å². The molecule has 0 saturated carbocycles. The summed E-state index contributed by atoms with van der Waals surface area (Å²) in [7, 11) is 0.798. The highest BCUT2D eigenvalue weighted by Crippen LogP contribution is 2.24. The zero-order valence-corrected chi connectivity index (χ0v) is 19.0. The lowest BCUT2D eigenvalue weighted by Crippen LogP contribution is -2.68. The van der Waals surface area contributed by atoms with Gasteiger partial charge in [0.2, 0.25) is 27.7 Å². The third-order valence-corrected chi connectivity index (χ3v) is 6.44. The van der Waals surface area contributed by atoms with Crippen LogP contribution in [-0.2, 0) is 31.0 Å². The van der Waals surface area contributed by atoms with Gasteiger partial charge in [0.05, 0.1) is 33.6 Å². The highest BCUT2D eigenvalue weighted by Gasteiger charge is 2.47. The Balaban J connectivity index is 2.00. The van der Waals surface area contributed by atoms with Crippen molar-refractivity contribution in [3.05, 3.63) is 23.8 Å². The van der Waals surface area contributed by atoms with E-state index in [-0.39, 0.29) is 26.2 Å². The molecule has 0 radical (unpaired) electrons. The lowest BCUT2D eigenvalue weighted by Gasteiger charge is -2.44. The van der Waals surface area contributed by atoms with Gasteiger partial charge >= 0.3 is 0 Å². The Bertz CT molecular complexity index is 966.